The third-order valence-electron chi connectivity index (χ3n) is 6.20. The number of sulfonamides is 1. The molecule has 0 aliphatic heterocycles. The molecular weight excluding hydrogens is 619 g/mol. The van der Waals surface area contributed by atoms with Crippen LogP contribution in [0.1, 0.15) is 21.5 Å². The summed E-state index contributed by atoms with van der Waals surface area (Å²) in [5.74, 6) is -0.443. The fraction of sp³-hybridized carbons (Fsp3) is 0.0690. The van der Waals surface area contributed by atoms with E-state index in [4.69, 9.17) is 11.6 Å². The highest BCUT2D eigenvalue weighted by molar-refractivity contribution is 7.92. The zero-order valence-corrected chi connectivity index (χ0v) is 24.2. The fourth-order valence-corrected chi connectivity index (χ4v) is 5.12. The second-order valence-electron chi connectivity index (χ2n) is 9.30. The van der Waals surface area contributed by atoms with Crippen LogP contribution < -0.4 is 15.4 Å². The Labute approximate surface area is 254 Å². The quantitative estimate of drug-likeness (QED) is 0.159. The number of nitrogens with one attached hydrogen (secondary N) is 3. The Balaban J connectivity index is 1.36. The molecule has 0 fully saturated rings. The summed E-state index contributed by atoms with van der Waals surface area (Å²) in [5.41, 5.74) is 0.539. The van der Waals surface area contributed by atoms with Gasteiger partial charge in [0.2, 0.25) is 5.95 Å². The van der Waals surface area contributed by atoms with E-state index in [-0.39, 0.29) is 27.2 Å². The predicted octanol–water partition coefficient (Wildman–Crippen LogP) is 6.71. The molecule has 0 bridgehead atoms. The van der Waals surface area contributed by atoms with Gasteiger partial charge in [0.1, 0.15) is 10.0 Å². The van der Waals surface area contributed by atoms with E-state index in [1.165, 1.54) is 18.2 Å². The lowest BCUT2D eigenvalue weighted by molar-refractivity contribution is -0.136. The van der Waals surface area contributed by atoms with Crippen molar-refractivity contribution < 1.29 is 26.4 Å². The number of alkyl halides is 3. The molecule has 0 aliphatic carbocycles. The fourth-order valence-electron chi connectivity index (χ4n) is 3.99. The minimum Gasteiger partial charge on any atom is -0.324 e. The summed E-state index contributed by atoms with van der Waals surface area (Å²) in [6.45, 7) is 1.80. The molecule has 0 atom stereocenters. The molecule has 0 saturated carbocycles. The molecule has 15 heteroatoms. The second kappa shape index (κ2) is 12.3. The van der Waals surface area contributed by atoms with Gasteiger partial charge in [-0.3, -0.25) is 14.5 Å². The normalized spacial score (nSPS) is 11.6. The summed E-state index contributed by atoms with van der Waals surface area (Å²) in [4.78, 5) is 29.1. The van der Waals surface area contributed by atoms with Crippen LogP contribution in [0.3, 0.4) is 0 Å². The van der Waals surface area contributed by atoms with Crippen molar-refractivity contribution >= 4 is 50.5 Å². The van der Waals surface area contributed by atoms with Crippen molar-refractivity contribution in [3.8, 4) is 11.3 Å². The first-order valence-corrected chi connectivity index (χ1v) is 14.5. The van der Waals surface area contributed by atoms with E-state index in [1.54, 1.807) is 43.7 Å². The van der Waals surface area contributed by atoms with Crippen LogP contribution in [-0.2, 0) is 16.2 Å². The number of benzene rings is 2. The summed E-state index contributed by atoms with van der Waals surface area (Å²) in [6, 6.07) is 15.0. The van der Waals surface area contributed by atoms with Crippen molar-refractivity contribution in [2.45, 2.75) is 18.0 Å². The molecule has 0 radical (unpaired) electrons. The minimum absolute atomic E-state index is 0.0138. The maximum atomic E-state index is 14.0. The molecule has 0 spiro atoms. The minimum atomic E-state index is -4.96. The summed E-state index contributed by atoms with van der Waals surface area (Å²) < 4.78 is 69.1. The smallest absolute Gasteiger partial charge is 0.324 e. The van der Waals surface area contributed by atoms with Crippen molar-refractivity contribution in [1.29, 1.82) is 0 Å². The van der Waals surface area contributed by atoms with Crippen molar-refractivity contribution in [3.05, 3.63) is 113 Å². The number of carbonyl (C=O) groups excluding carboxylic acids is 1. The van der Waals surface area contributed by atoms with Crippen LogP contribution in [0.25, 0.3) is 11.3 Å². The lowest BCUT2D eigenvalue weighted by Crippen LogP contribution is -2.18. The largest absolute Gasteiger partial charge is 0.418 e. The first kappa shape index (κ1) is 30.4. The molecule has 224 valence electrons. The lowest BCUT2D eigenvalue weighted by atomic mass is 10.1. The number of halogens is 4. The summed E-state index contributed by atoms with van der Waals surface area (Å²) in [5, 5.41) is 5.51. The van der Waals surface area contributed by atoms with Gasteiger partial charge in [-0.1, -0.05) is 17.7 Å². The predicted molar refractivity (Wildman–Crippen MR) is 159 cm³/mol. The van der Waals surface area contributed by atoms with Gasteiger partial charge >= 0.3 is 6.18 Å². The van der Waals surface area contributed by atoms with Gasteiger partial charge in [-0.05, 0) is 73.2 Å². The van der Waals surface area contributed by atoms with Crippen LogP contribution in [0, 0.1) is 6.92 Å². The topological polar surface area (TPSA) is 139 Å². The number of aryl methyl sites for hydroxylation is 1. The Kier molecular flexibility index (Phi) is 8.47. The van der Waals surface area contributed by atoms with E-state index in [0.29, 0.717) is 17.4 Å². The number of pyridine rings is 2. The average molecular weight is 640 g/mol. The molecule has 3 N–H and O–H groups in total. The van der Waals surface area contributed by atoms with Crippen molar-refractivity contribution in [2.24, 2.45) is 0 Å². The van der Waals surface area contributed by atoms with E-state index in [9.17, 15) is 26.4 Å². The third kappa shape index (κ3) is 7.10. The highest BCUT2D eigenvalue weighted by Crippen LogP contribution is 2.37. The van der Waals surface area contributed by atoms with Gasteiger partial charge in [0.15, 0.2) is 0 Å². The summed E-state index contributed by atoms with van der Waals surface area (Å²) in [7, 11) is -4.42. The van der Waals surface area contributed by atoms with Gasteiger partial charge < -0.3 is 10.6 Å². The van der Waals surface area contributed by atoms with E-state index in [0.717, 1.165) is 35.5 Å². The Hall–Kier alpha value is -5.08. The zero-order valence-electron chi connectivity index (χ0n) is 22.6. The molecule has 44 heavy (non-hydrogen) atoms. The van der Waals surface area contributed by atoms with Crippen LogP contribution in [0.4, 0.5) is 36.2 Å². The Bertz CT molecular complexity index is 1940. The molecule has 10 nitrogen and oxygen atoms in total. The molecule has 5 rings (SSSR count). The number of hydrogen-bond donors (Lipinski definition) is 3. The van der Waals surface area contributed by atoms with Gasteiger partial charge in [0, 0.05) is 47.3 Å². The maximum absolute atomic E-state index is 14.0. The molecule has 0 aliphatic rings. The van der Waals surface area contributed by atoms with Crippen LogP contribution in [0.5, 0.6) is 0 Å². The van der Waals surface area contributed by atoms with Gasteiger partial charge in [0.25, 0.3) is 15.9 Å². The van der Waals surface area contributed by atoms with E-state index < -0.39 is 33.4 Å². The highest BCUT2D eigenvalue weighted by Gasteiger charge is 2.35. The Morgan fingerprint density at radius 2 is 1.73 bits per heavy atom. The third-order valence-corrected chi connectivity index (χ3v) is 7.77. The number of amides is 1. The average Bonchev–Trinajstić information content (AvgIpc) is 2.99. The SMILES string of the molecule is Cc1ccc(C(=O)Nc2ccc(NS(=O)(=O)c3ccc(Cl)nc3)c(C(F)(F)F)c2)cc1Nc1nccc(-c2cccnc2)n1. The molecule has 0 saturated heterocycles. The first-order chi connectivity index (χ1) is 20.9. The zero-order chi connectivity index (χ0) is 31.5. The Morgan fingerprint density at radius 1 is 0.909 bits per heavy atom. The number of aromatic nitrogens is 4. The van der Waals surface area contributed by atoms with Crippen LogP contribution in [-0.4, -0.2) is 34.3 Å². The molecule has 0 unspecified atom stereocenters. The van der Waals surface area contributed by atoms with Crippen molar-refractivity contribution in [2.75, 3.05) is 15.4 Å². The number of nitrogens with zero attached hydrogens (tertiary/aromatic N) is 4. The summed E-state index contributed by atoms with van der Waals surface area (Å²) in [6.07, 6.45) is 0.830. The monoisotopic (exact) mass is 639 g/mol. The van der Waals surface area contributed by atoms with Gasteiger partial charge in [-0.25, -0.2) is 23.4 Å². The van der Waals surface area contributed by atoms with E-state index >= 15 is 0 Å². The van der Waals surface area contributed by atoms with Crippen molar-refractivity contribution in [3.63, 3.8) is 0 Å². The number of anilines is 4. The standard InChI is InChI=1S/C29H21ClF3N7O3S/c1-17-4-5-18(13-25(17)39-28-35-12-10-23(38-28)19-3-2-11-34-15-19)27(41)37-20-6-8-24(22(14-20)29(31,32)33)40-44(42,43)21-7-9-26(30)36-16-21/h2-16,40H,1H3,(H,37,41)(H,35,38,39). The summed E-state index contributed by atoms with van der Waals surface area (Å²) >= 11 is 5.67. The number of carbonyl (C=O) groups is 1. The van der Waals surface area contributed by atoms with Crippen LogP contribution in [0.2, 0.25) is 5.15 Å². The molecule has 3 heterocycles. The van der Waals surface area contributed by atoms with Crippen molar-refractivity contribution in [1.82, 2.24) is 19.9 Å². The van der Waals surface area contributed by atoms with Gasteiger partial charge in [-0.15, -0.1) is 0 Å². The van der Waals surface area contributed by atoms with Gasteiger partial charge in [-0.2, -0.15) is 13.2 Å². The maximum Gasteiger partial charge on any atom is 0.418 e. The molecule has 3 aromatic heterocycles. The Morgan fingerprint density at radius 3 is 2.43 bits per heavy atom. The number of rotatable bonds is 8. The van der Waals surface area contributed by atoms with Crippen LogP contribution >= 0.6 is 11.6 Å². The van der Waals surface area contributed by atoms with E-state index in [1.807, 2.05) is 10.8 Å². The van der Waals surface area contributed by atoms with E-state index in [2.05, 4.69) is 30.6 Å². The molecule has 1 amide bonds. The second-order valence-corrected chi connectivity index (χ2v) is 11.4. The van der Waals surface area contributed by atoms with Gasteiger partial charge in [0.05, 0.1) is 16.9 Å². The van der Waals surface area contributed by atoms with Crippen LogP contribution in [0.15, 0.2) is 96.4 Å². The first-order valence-electron chi connectivity index (χ1n) is 12.7. The number of hydrogen-bond acceptors (Lipinski definition) is 8. The molecular formula is C29H21ClF3N7O3S. The lowest BCUT2D eigenvalue weighted by Gasteiger charge is -2.17. The highest BCUT2D eigenvalue weighted by atomic mass is 35.5. The molecule has 2 aromatic carbocycles. The molecule has 5 aromatic rings.